The number of amides is 1. The number of nitrogens with zero attached hydrogens (tertiary/aromatic N) is 1. The predicted molar refractivity (Wildman–Crippen MR) is 78.7 cm³/mol. The molecule has 18 heavy (non-hydrogen) atoms. The Kier molecular flexibility index (Phi) is 5.25. The van der Waals surface area contributed by atoms with Crippen LogP contribution in [0.15, 0.2) is 24.3 Å². The summed E-state index contributed by atoms with van der Waals surface area (Å²) in [5.41, 5.74) is 0. The molecule has 0 aromatic heterocycles. The van der Waals surface area contributed by atoms with E-state index in [9.17, 15) is 4.79 Å². The fourth-order valence-electron chi connectivity index (χ4n) is 1.86. The molecule has 1 N–H and O–H groups in total. The number of rotatable bonds is 4. The van der Waals surface area contributed by atoms with Gasteiger partial charge in [-0.2, -0.15) is 0 Å². The van der Waals surface area contributed by atoms with Gasteiger partial charge < -0.3 is 15.0 Å². The summed E-state index contributed by atoms with van der Waals surface area (Å²) in [6, 6.07) is 7.84. The van der Waals surface area contributed by atoms with Crippen LogP contribution in [0.1, 0.15) is 6.42 Å². The van der Waals surface area contributed by atoms with Gasteiger partial charge in [0.1, 0.15) is 5.75 Å². The number of carbonyl (C=O) groups is 1. The SMILES string of the molecule is O=C(CCOc1ccc(I)cc1)N1CCNCC1. The summed E-state index contributed by atoms with van der Waals surface area (Å²) in [7, 11) is 0. The highest BCUT2D eigenvalue weighted by Gasteiger charge is 2.15. The van der Waals surface area contributed by atoms with Crippen LogP contribution in [0.25, 0.3) is 0 Å². The van der Waals surface area contributed by atoms with Gasteiger partial charge in [0.15, 0.2) is 0 Å². The van der Waals surface area contributed by atoms with E-state index in [4.69, 9.17) is 4.74 Å². The molecule has 1 amide bonds. The van der Waals surface area contributed by atoms with Crippen LogP contribution in [0, 0.1) is 3.57 Å². The van der Waals surface area contributed by atoms with E-state index in [1.165, 1.54) is 3.57 Å². The van der Waals surface area contributed by atoms with Crippen LogP contribution in [0.3, 0.4) is 0 Å². The highest BCUT2D eigenvalue weighted by atomic mass is 127. The molecule has 4 nitrogen and oxygen atoms in total. The number of carbonyl (C=O) groups excluding carboxylic acids is 1. The minimum absolute atomic E-state index is 0.182. The Morgan fingerprint density at radius 1 is 1.28 bits per heavy atom. The molecule has 0 saturated carbocycles. The molecule has 5 heteroatoms. The Morgan fingerprint density at radius 2 is 1.94 bits per heavy atom. The standard InChI is InChI=1S/C13H17IN2O2/c14-11-1-3-12(4-2-11)18-10-5-13(17)16-8-6-15-7-9-16/h1-4,15H,5-10H2. The molecule has 0 atom stereocenters. The van der Waals surface area contributed by atoms with Crippen LogP contribution in [0.4, 0.5) is 0 Å². The molecule has 98 valence electrons. The van der Waals surface area contributed by atoms with Crippen LogP contribution in [0.2, 0.25) is 0 Å². The van der Waals surface area contributed by atoms with Gasteiger partial charge in [0, 0.05) is 29.7 Å². The number of halogens is 1. The number of piperazine rings is 1. The highest BCUT2D eigenvalue weighted by molar-refractivity contribution is 14.1. The summed E-state index contributed by atoms with van der Waals surface area (Å²) in [6.45, 7) is 3.85. The van der Waals surface area contributed by atoms with Gasteiger partial charge in [-0.1, -0.05) is 0 Å². The third-order valence-electron chi connectivity index (χ3n) is 2.87. The molecule has 1 aromatic carbocycles. The van der Waals surface area contributed by atoms with Crippen molar-refractivity contribution in [2.75, 3.05) is 32.8 Å². The van der Waals surface area contributed by atoms with E-state index in [1.807, 2.05) is 29.2 Å². The van der Waals surface area contributed by atoms with Gasteiger partial charge in [0.05, 0.1) is 13.0 Å². The summed E-state index contributed by atoms with van der Waals surface area (Å²) in [4.78, 5) is 13.8. The van der Waals surface area contributed by atoms with Crippen molar-refractivity contribution in [3.8, 4) is 5.75 Å². The second-order valence-electron chi connectivity index (χ2n) is 4.18. The number of hydrogen-bond acceptors (Lipinski definition) is 3. The lowest BCUT2D eigenvalue weighted by Gasteiger charge is -2.27. The fourth-order valence-corrected chi connectivity index (χ4v) is 2.22. The lowest BCUT2D eigenvalue weighted by atomic mass is 10.3. The predicted octanol–water partition coefficient (Wildman–Crippen LogP) is 1.49. The van der Waals surface area contributed by atoms with Gasteiger partial charge in [-0.05, 0) is 46.9 Å². The lowest BCUT2D eigenvalue weighted by Crippen LogP contribution is -2.46. The van der Waals surface area contributed by atoms with Gasteiger partial charge in [0.2, 0.25) is 5.91 Å². The van der Waals surface area contributed by atoms with Crippen molar-refractivity contribution >= 4 is 28.5 Å². The minimum Gasteiger partial charge on any atom is -0.493 e. The van der Waals surface area contributed by atoms with E-state index in [0.717, 1.165) is 31.9 Å². The maximum atomic E-state index is 11.9. The average molecular weight is 360 g/mol. The van der Waals surface area contributed by atoms with Crippen LogP contribution in [-0.2, 0) is 4.79 Å². The lowest BCUT2D eigenvalue weighted by molar-refractivity contribution is -0.132. The molecule has 0 unspecified atom stereocenters. The molecular formula is C13H17IN2O2. The van der Waals surface area contributed by atoms with Crippen molar-refractivity contribution in [2.24, 2.45) is 0 Å². The Labute approximate surface area is 121 Å². The van der Waals surface area contributed by atoms with Gasteiger partial charge in [-0.3, -0.25) is 4.79 Å². The van der Waals surface area contributed by atoms with E-state index in [-0.39, 0.29) is 5.91 Å². The van der Waals surface area contributed by atoms with Crippen molar-refractivity contribution in [1.82, 2.24) is 10.2 Å². The largest absolute Gasteiger partial charge is 0.493 e. The number of hydrogen-bond donors (Lipinski definition) is 1. The molecule has 1 aliphatic heterocycles. The molecule has 0 spiro atoms. The van der Waals surface area contributed by atoms with Crippen LogP contribution in [0.5, 0.6) is 5.75 Å². The average Bonchev–Trinajstić information content (AvgIpc) is 2.42. The number of benzene rings is 1. The monoisotopic (exact) mass is 360 g/mol. The topological polar surface area (TPSA) is 41.6 Å². The van der Waals surface area contributed by atoms with Gasteiger partial charge >= 0.3 is 0 Å². The molecule has 1 heterocycles. The molecule has 1 fully saturated rings. The van der Waals surface area contributed by atoms with E-state index >= 15 is 0 Å². The van der Waals surface area contributed by atoms with E-state index in [2.05, 4.69) is 27.9 Å². The molecular weight excluding hydrogens is 343 g/mol. The van der Waals surface area contributed by atoms with Crippen LogP contribution in [-0.4, -0.2) is 43.6 Å². The van der Waals surface area contributed by atoms with Crippen molar-refractivity contribution in [2.45, 2.75) is 6.42 Å². The Bertz CT molecular complexity index is 388. The van der Waals surface area contributed by atoms with Gasteiger partial charge in [-0.15, -0.1) is 0 Å². The summed E-state index contributed by atoms with van der Waals surface area (Å²) in [6.07, 6.45) is 0.450. The number of nitrogens with one attached hydrogen (secondary N) is 1. The van der Waals surface area contributed by atoms with Crippen LogP contribution < -0.4 is 10.1 Å². The molecule has 0 radical (unpaired) electrons. The zero-order chi connectivity index (χ0) is 12.8. The quantitative estimate of drug-likeness (QED) is 0.828. The second-order valence-corrected chi connectivity index (χ2v) is 5.43. The van der Waals surface area contributed by atoms with Crippen molar-refractivity contribution in [1.29, 1.82) is 0 Å². The highest BCUT2D eigenvalue weighted by Crippen LogP contribution is 2.13. The van der Waals surface area contributed by atoms with E-state index in [1.54, 1.807) is 0 Å². The van der Waals surface area contributed by atoms with E-state index < -0.39 is 0 Å². The first-order valence-corrected chi connectivity index (χ1v) is 7.20. The van der Waals surface area contributed by atoms with Crippen molar-refractivity contribution < 1.29 is 9.53 Å². The minimum atomic E-state index is 0.182. The maximum absolute atomic E-state index is 11.9. The molecule has 1 aliphatic rings. The fraction of sp³-hybridized carbons (Fsp3) is 0.462. The Morgan fingerprint density at radius 3 is 2.61 bits per heavy atom. The van der Waals surface area contributed by atoms with E-state index in [0.29, 0.717) is 13.0 Å². The molecule has 0 bridgehead atoms. The summed E-state index contributed by atoms with van der Waals surface area (Å²) >= 11 is 2.25. The molecule has 1 saturated heterocycles. The molecule has 1 aromatic rings. The molecule has 2 rings (SSSR count). The third-order valence-corrected chi connectivity index (χ3v) is 3.59. The zero-order valence-corrected chi connectivity index (χ0v) is 12.4. The summed E-state index contributed by atoms with van der Waals surface area (Å²) in [5.74, 6) is 1.01. The van der Waals surface area contributed by atoms with Gasteiger partial charge in [0.25, 0.3) is 0 Å². The normalized spacial score (nSPS) is 15.5. The zero-order valence-electron chi connectivity index (χ0n) is 10.2. The third kappa shape index (κ3) is 4.13. The Balaban J connectivity index is 1.71. The van der Waals surface area contributed by atoms with Crippen LogP contribution >= 0.6 is 22.6 Å². The first-order valence-electron chi connectivity index (χ1n) is 6.12. The maximum Gasteiger partial charge on any atom is 0.226 e. The van der Waals surface area contributed by atoms with Crippen molar-refractivity contribution in [3.05, 3.63) is 27.8 Å². The molecule has 0 aliphatic carbocycles. The van der Waals surface area contributed by atoms with Gasteiger partial charge in [-0.25, -0.2) is 0 Å². The first-order chi connectivity index (χ1) is 8.75. The Hall–Kier alpha value is -0.820. The summed E-state index contributed by atoms with van der Waals surface area (Å²) in [5, 5.41) is 3.23. The number of ether oxygens (including phenoxy) is 1. The second kappa shape index (κ2) is 6.94. The van der Waals surface area contributed by atoms with Crippen molar-refractivity contribution in [3.63, 3.8) is 0 Å². The first kappa shape index (κ1) is 13.6. The summed E-state index contributed by atoms with van der Waals surface area (Å²) < 4.78 is 6.73. The smallest absolute Gasteiger partial charge is 0.226 e.